The lowest BCUT2D eigenvalue weighted by Gasteiger charge is -2.37. The topological polar surface area (TPSA) is 20.3 Å². The minimum atomic E-state index is 0.273. The summed E-state index contributed by atoms with van der Waals surface area (Å²) in [5, 5.41) is 0. The minimum Gasteiger partial charge on any atom is -0.333 e. The number of carbonyl (C=O) groups excluding carboxylic acids is 1. The molecule has 0 saturated carbocycles. The SMILES string of the molecule is C[C@H]1c2ccccc2C[C@@H]2CCC(=O)N21. The molecule has 2 heteroatoms. The van der Waals surface area contributed by atoms with Crippen molar-refractivity contribution in [2.45, 2.75) is 38.3 Å². The van der Waals surface area contributed by atoms with Gasteiger partial charge in [-0.1, -0.05) is 24.3 Å². The van der Waals surface area contributed by atoms with Crippen LogP contribution in [0, 0.1) is 0 Å². The summed E-state index contributed by atoms with van der Waals surface area (Å²) in [4.78, 5) is 13.8. The Labute approximate surface area is 89.9 Å². The Morgan fingerprint density at radius 3 is 3.00 bits per heavy atom. The molecule has 0 unspecified atom stereocenters. The second-order valence-electron chi connectivity index (χ2n) is 4.57. The van der Waals surface area contributed by atoms with Crippen LogP contribution in [0.4, 0.5) is 0 Å². The largest absolute Gasteiger partial charge is 0.333 e. The van der Waals surface area contributed by atoms with Crippen LogP contribution in [0.1, 0.15) is 36.9 Å². The van der Waals surface area contributed by atoms with Gasteiger partial charge in [0, 0.05) is 12.5 Å². The highest BCUT2D eigenvalue weighted by atomic mass is 16.2. The highest BCUT2D eigenvalue weighted by Crippen LogP contribution is 2.38. The Morgan fingerprint density at radius 2 is 2.13 bits per heavy atom. The van der Waals surface area contributed by atoms with Gasteiger partial charge in [-0.2, -0.15) is 0 Å². The standard InChI is InChI=1S/C13H15NO/c1-9-12-5-3-2-4-10(12)8-11-6-7-13(15)14(9)11/h2-5,9,11H,6-8H2,1H3/t9-,11-/m0/s1. The van der Waals surface area contributed by atoms with Crippen molar-refractivity contribution >= 4 is 5.91 Å². The summed E-state index contributed by atoms with van der Waals surface area (Å²) in [7, 11) is 0. The van der Waals surface area contributed by atoms with Crippen molar-refractivity contribution in [1.29, 1.82) is 0 Å². The third-order valence-corrected chi connectivity index (χ3v) is 3.75. The van der Waals surface area contributed by atoms with Gasteiger partial charge in [-0.05, 0) is 30.9 Å². The molecule has 0 N–H and O–H groups in total. The van der Waals surface area contributed by atoms with Crippen LogP contribution in [-0.2, 0) is 11.2 Å². The molecule has 2 atom stereocenters. The van der Waals surface area contributed by atoms with Gasteiger partial charge in [-0.25, -0.2) is 0 Å². The van der Waals surface area contributed by atoms with Gasteiger partial charge in [-0.15, -0.1) is 0 Å². The predicted octanol–water partition coefficient (Wildman–Crippen LogP) is 2.29. The molecule has 2 nitrogen and oxygen atoms in total. The molecule has 0 aliphatic carbocycles. The van der Waals surface area contributed by atoms with Gasteiger partial charge in [0.25, 0.3) is 0 Å². The zero-order valence-electron chi connectivity index (χ0n) is 8.94. The van der Waals surface area contributed by atoms with Gasteiger partial charge in [0.1, 0.15) is 0 Å². The number of rotatable bonds is 0. The molecule has 1 aromatic rings. The van der Waals surface area contributed by atoms with Crippen molar-refractivity contribution in [3.8, 4) is 0 Å². The number of nitrogens with zero attached hydrogens (tertiary/aromatic N) is 1. The summed E-state index contributed by atoms with van der Waals surface area (Å²) < 4.78 is 0. The van der Waals surface area contributed by atoms with E-state index in [0.29, 0.717) is 11.9 Å². The molecule has 2 heterocycles. The number of hydrogen-bond donors (Lipinski definition) is 0. The lowest BCUT2D eigenvalue weighted by Crippen LogP contribution is -2.40. The number of amides is 1. The zero-order valence-corrected chi connectivity index (χ0v) is 8.94. The summed E-state index contributed by atoms with van der Waals surface area (Å²) in [6, 6.07) is 9.25. The first kappa shape index (κ1) is 8.96. The van der Waals surface area contributed by atoms with Crippen LogP contribution in [-0.4, -0.2) is 16.8 Å². The zero-order chi connectivity index (χ0) is 10.4. The van der Waals surface area contributed by atoms with Crippen molar-refractivity contribution in [3.63, 3.8) is 0 Å². The quantitative estimate of drug-likeness (QED) is 0.630. The van der Waals surface area contributed by atoms with Gasteiger partial charge in [0.05, 0.1) is 6.04 Å². The molecule has 3 rings (SSSR count). The Kier molecular flexibility index (Phi) is 1.84. The van der Waals surface area contributed by atoms with Gasteiger partial charge in [0.15, 0.2) is 0 Å². The van der Waals surface area contributed by atoms with Gasteiger partial charge in [0.2, 0.25) is 5.91 Å². The van der Waals surface area contributed by atoms with Gasteiger partial charge < -0.3 is 4.90 Å². The molecule has 1 amide bonds. The minimum absolute atomic E-state index is 0.273. The van der Waals surface area contributed by atoms with Crippen LogP contribution in [0.15, 0.2) is 24.3 Å². The molecule has 0 bridgehead atoms. The molecule has 0 radical (unpaired) electrons. The molecular formula is C13H15NO. The average molecular weight is 201 g/mol. The fraction of sp³-hybridized carbons (Fsp3) is 0.462. The van der Waals surface area contributed by atoms with Crippen molar-refractivity contribution in [3.05, 3.63) is 35.4 Å². The van der Waals surface area contributed by atoms with E-state index >= 15 is 0 Å². The van der Waals surface area contributed by atoms with Gasteiger partial charge >= 0.3 is 0 Å². The lowest BCUT2D eigenvalue weighted by molar-refractivity contribution is -0.131. The summed E-state index contributed by atoms with van der Waals surface area (Å²) in [5.41, 5.74) is 2.77. The predicted molar refractivity (Wildman–Crippen MR) is 58.4 cm³/mol. The normalized spacial score (nSPS) is 28.9. The first-order chi connectivity index (χ1) is 7.27. The lowest BCUT2D eigenvalue weighted by atomic mass is 9.90. The maximum atomic E-state index is 11.8. The number of benzene rings is 1. The number of carbonyl (C=O) groups is 1. The Morgan fingerprint density at radius 1 is 1.33 bits per heavy atom. The van der Waals surface area contributed by atoms with E-state index in [-0.39, 0.29) is 6.04 Å². The van der Waals surface area contributed by atoms with Crippen LogP contribution < -0.4 is 0 Å². The van der Waals surface area contributed by atoms with Crippen molar-refractivity contribution in [1.82, 2.24) is 4.90 Å². The molecule has 0 spiro atoms. The van der Waals surface area contributed by atoms with E-state index in [2.05, 4.69) is 36.1 Å². The van der Waals surface area contributed by atoms with Crippen LogP contribution >= 0.6 is 0 Å². The van der Waals surface area contributed by atoms with Crippen LogP contribution in [0.3, 0.4) is 0 Å². The molecule has 78 valence electrons. The highest BCUT2D eigenvalue weighted by Gasteiger charge is 2.38. The number of fused-ring (bicyclic) bond motifs is 2. The number of hydrogen-bond acceptors (Lipinski definition) is 1. The third-order valence-electron chi connectivity index (χ3n) is 3.75. The highest BCUT2D eigenvalue weighted by molar-refractivity contribution is 5.79. The monoisotopic (exact) mass is 201 g/mol. The van der Waals surface area contributed by atoms with E-state index in [4.69, 9.17) is 0 Å². The summed E-state index contributed by atoms with van der Waals surface area (Å²) in [5.74, 6) is 0.335. The molecule has 2 aliphatic heterocycles. The molecule has 1 saturated heterocycles. The fourth-order valence-corrected chi connectivity index (χ4v) is 3.03. The van der Waals surface area contributed by atoms with Crippen LogP contribution in [0.2, 0.25) is 0 Å². The first-order valence-corrected chi connectivity index (χ1v) is 5.66. The summed E-state index contributed by atoms with van der Waals surface area (Å²) >= 11 is 0. The molecule has 2 aliphatic rings. The molecule has 1 fully saturated rings. The van der Waals surface area contributed by atoms with Gasteiger partial charge in [-0.3, -0.25) is 4.79 Å². The maximum Gasteiger partial charge on any atom is 0.223 e. The molecular weight excluding hydrogens is 186 g/mol. The molecule has 1 aromatic carbocycles. The maximum absolute atomic E-state index is 11.8. The average Bonchev–Trinajstić information content (AvgIpc) is 2.61. The van der Waals surface area contributed by atoms with E-state index in [1.165, 1.54) is 11.1 Å². The van der Waals surface area contributed by atoms with E-state index in [9.17, 15) is 4.79 Å². The second-order valence-corrected chi connectivity index (χ2v) is 4.57. The van der Waals surface area contributed by atoms with Crippen molar-refractivity contribution in [2.75, 3.05) is 0 Å². The van der Waals surface area contributed by atoms with Crippen molar-refractivity contribution < 1.29 is 4.79 Å². The third kappa shape index (κ3) is 1.21. The smallest absolute Gasteiger partial charge is 0.223 e. The van der Waals surface area contributed by atoms with E-state index < -0.39 is 0 Å². The Balaban J connectivity index is 2.07. The fourth-order valence-electron chi connectivity index (χ4n) is 3.03. The molecule has 0 aromatic heterocycles. The second kappa shape index (κ2) is 3.09. The van der Waals surface area contributed by atoms with Crippen molar-refractivity contribution in [2.24, 2.45) is 0 Å². The Hall–Kier alpha value is -1.31. The van der Waals surface area contributed by atoms with E-state index in [0.717, 1.165) is 19.3 Å². The first-order valence-electron chi connectivity index (χ1n) is 5.66. The van der Waals surface area contributed by atoms with Crippen LogP contribution in [0.25, 0.3) is 0 Å². The summed E-state index contributed by atoms with van der Waals surface area (Å²) in [6.07, 6.45) is 2.83. The summed E-state index contributed by atoms with van der Waals surface area (Å²) in [6.45, 7) is 2.15. The Bertz CT molecular complexity index is 413. The van der Waals surface area contributed by atoms with Crippen LogP contribution in [0.5, 0.6) is 0 Å². The van der Waals surface area contributed by atoms with E-state index in [1.54, 1.807) is 0 Å². The van der Waals surface area contributed by atoms with E-state index in [1.807, 2.05) is 0 Å². The molecule has 15 heavy (non-hydrogen) atoms.